The summed E-state index contributed by atoms with van der Waals surface area (Å²) in [5.41, 5.74) is 2.51. The normalized spacial score (nSPS) is 21.1. The molecule has 0 aromatic heterocycles. The number of Topliss-reactive ketones (excluding diaryl/α,β-unsaturated/α-hetero) is 1. The third-order valence-electron chi connectivity index (χ3n) is 6.77. The highest BCUT2D eigenvalue weighted by Crippen LogP contribution is 2.43. The van der Waals surface area contributed by atoms with E-state index >= 15 is 0 Å². The molecule has 5 heteroatoms. The van der Waals surface area contributed by atoms with Crippen LogP contribution >= 0.6 is 0 Å². The molecule has 1 saturated heterocycles. The van der Waals surface area contributed by atoms with E-state index in [0.717, 1.165) is 49.0 Å². The Labute approximate surface area is 196 Å². The maximum atomic E-state index is 13.3. The van der Waals surface area contributed by atoms with Crippen LogP contribution in [0.2, 0.25) is 0 Å². The number of ether oxygens (including phenoxy) is 1. The number of aliphatic hydroxyl groups excluding tert-OH is 1. The monoisotopic (exact) mass is 447 g/mol. The number of likely N-dealkylation sites (tertiary alicyclic amines) is 1. The van der Waals surface area contributed by atoms with Crippen LogP contribution in [0.15, 0.2) is 54.1 Å². The van der Waals surface area contributed by atoms with Gasteiger partial charge in [-0.2, -0.15) is 0 Å². The van der Waals surface area contributed by atoms with Crippen molar-refractivity contribution in [1.29, 1.82) is 0 Å². The van der Waals surface area contributed by atoms with Gasteiger partial charge >= 0.3 is 0 Å². The van der Waals surface area contributed by atoms with Crippen LogP contribution in [0, 0.1) is 0 Å². The van der Waals surface area contributed by atoms with Crippen LogP contribution in [0.3, 0.4) is 0 Å². The smallest absolute Gasteiger partial charge is 0.295 e. The maximum Gasteiger partial charge on any atom is 0.295 e. The molecule has 4 rings (SSSR count). The number of hydrogen-bond donors (Lipinski definition) is 1. The van der Waals surface area contributed by atoms with E-state index in [0.29, 0.717) is 12.2 Å². The number of rotatable bonds is 6. The summed E-state index contributed by atoms with van der Waals surface area (Å²) < 4.78 is 5.76. The summed E-state index contributed by atoms with van der Waals surface area (Å²) in [5, 5.41) is 11.4. The van der Waals surface area contributed by atoms with Gasteiger partial charge in [0.25, 0.3) is 11.7 Å². The number of aliphatic hydroxyl groups is 1. The Morgan fingerprint density at radius 2 is 1.76 bits per heavy atom. The summed E-state index contributed by atoms with van der Waals surface area (Å²) >= 11 is 0. The van der Waals surface area contributed by atoms with Crippen LogP contribution in [0.1, 0.15) is 81.5 Å². The van der Waals surface area contributed by atoms with Gasteiger partial charge in [-0.25, -0.2) is 0 Å². The predicted molar refractivity (Wildman–Crippen MR) is 129 cm³/mol. The van der Waals surface area contributed by atoms with Crippen LogP contribution in [0.5, 0.6) is 5.75 Å². The average molecular weight is 448 g/mol. The molecule has 0 bridgehead atoms. The minimum atomic E-state index is -0.605. The van der Waals surface area contributed by atoms with E-state index in [1.807, 2.05) is 49.4 Å². The van der Waals surface area contributed by atoms with E-state index in [2.05, 4.69) is 13.8 Å². The lowest BCUT2D eigenvalue weighted by Crippen LogP contribution is -2.40. The number of amides is 1. The van der Waals surface area contributed by atoms with Crippen molar-refractivity contribution in [2.75, 3.05) is 6.61 Å². The highest BCUT2D eigenvalue weighted by atomic mass is 16.5. The summed E-state index contributed by atoms with van der Waals surface area (Å²) in [5.74, 6) is -0.287. The van der Waals surface area contributed by atoms with Crippen molar-refractivity contribution < 1.29 is 19.4 Å². The fourth-order valence-corrected chi connectivity index (χ4v) is 5.14. The minimum Gasteiger partial charge on any atom is -0.507 e. The average Bonchev–Trinajstić information content (AvgIpc) is 3.10. The first kappa shape index (κ1) is 23.1. The van der Waals surface area contributed by atoms with Crippen molar-refractivity contribution in [3.05, 3.63) is 70.8 Å². The number of nitrogens with zero attached hydrogens (tertiary/aromatic N) is 1. The van der Waals surface area contributed by atoms with Crippen molar-refractivity contribution >= 4 is 17.4 Å². The molecule has 2 fully saturated rings. The van der Waals surface area contributed by atoms with E-state index in [1.54, 1.807) is 11.0 Å². The predicted octanol–water partition coefficient (Wildman–Crippen LogP) is 5.96. The number of benzene rings is 2. The Kier molecular flexibility index (Phi) is 6.87. The Hall–Kier alpha value is -3.08. The highest BCUT2D eigenvalue weighted by molar-refractivity contribution is 6.46. The molecule has 174 valence electrons. The molecular formula is C28H33NO4. The van der Waals surface area contributed by atoms with Gasteiger partial charge in [-0.05, 0) is 55.0 Å². The van der Waals surface area contributed by atoms with Gasteiger partial charge in [-0.15, -0.1) is 0 Å². The quantitative estimate of drug-likeness (QED) is 0.337. The SMILES string of the molecule is CCOc1ccc(/C(O)=C2/C(=O)C(=O)N(C3CCCCC3)C2c2ccccc2)cc1C(C)C. The molecule has 1 amide bonds. The molecule has 1 atom stereocenters. The topological polar surface area (TPSA) is 66.8 Å². The zero-order valence-corrected chi connectivity index (χ0v) is 19.7. The molecule has 33 heavy (non-hydrogen) atoms. The fraction of sp³-hybridized carbons (Fsp3) is 0.429. The van der Waals surface area contributed by atoms with Crippen LogP contribution in [-0.2, 0) is 9.59 Å². The van der Waals surface area contributed by atoms with Crippen LogP contribution in [0.25, 0.3) is 5.76 Å². The van der Waals surface area contributed by atoms with Gasteiger partial charge in [0.15, 0.2) is 0 Å². The molecule has 5 nitrogen and oxygen atoms in total. The Balaban J connectivity index is 1.85. The third kappa shape index (κ3) is 4.41. The second-order valence-electron chi connectivity index (χ2n) is 9.25. The van der Waals surface area contributed by atoms with Crippen LogP contribution < -0.4 is 4.74 Å². The summed E-state index contributed by atoms with van der Waals surface area (Å²) in [6.45, 7) is 6.61. The van der Waals surface area contributed by atoms with E-state index in [1.165, 1.54) is 0 Å². The Morgan fingerprint density at radius 3 is 2.39 bits per heavy atom. The van der Waals surface area contributed by atoms with Gasteiger partial charge in [-0.1, -0.05) is 63.4 Å². The highest BCUT2D eigenvalue weighted by Gasteiger charge is 2.48. The molecule has 1 unspecified atom stereocenters. The molecule has 1 aliphatic heterocycles. The number of ketones is 1. The first-order chi connectivity index (χ1) is 15.9. The van der Waals surface area contributed by atoms with Gasteiger partial charge in [0, 0.05) is 11.6 Å². The Morgan fingerprint density at radius 1 is 1.06 bits per heavy atom. The summed E-state index contributed by atoms with van der Waals surface area (Å²) in [6, 6.07) is 14.5. The third-order valence-corrected chi connectivity index (χ3v) is 6.77. The van der Waals surface area contributed by atoms with Crippen molar-refractivity contribution in [3.63, 3.8) is 0 Å². The van der Waals surface area contributed by atoms with Gasteiger partial charge in [0.1, 0.15) is 11.5 Å². The second kappa shape index (κ2) is 9.82. The summed E-state index contributed by atoms with van der Waals surface area (Å²) in [6.07, 6.45) is 5.02. The van der Waals surface area contributed by atoms with E-state index in [9.17, 15) is 14.7 Å². The Bertz CT molecular complexity index is 1050. The van der Waals surface area contributed by atoms with Crippen molar-refractivity contribution in [1.82, 2.24) is 4.90 Å². The number of carbonyl (C=O) groups excluding carboxylic acids is 2. The maximum absolute atomic E-state index is 13.3. The first-order valence-electron chi connectivity index (χ1n) is 12.1. The molecule has 1 N–H and O–H groups in total. The molecule has 0 spiro atoms. The van der Waals surface area contributed by atoms with Gasteiger partial charge in [-0.3, -0.25) is 9.59 Å². The molecule has 2 aliphatic rings. The zero-order chi connectivity index (χ0) is 23.5. The first-order valence-corrected chi connectivity index (χ1v) is 12.1. The second-order valence-corrected chi connectivity index (χ2v) is 9.25. The molecule has 1 saturated carbocycles. The lowest BCUT2D eigenvalue weighted by molar-refractivity contribution is -0.141. The van der Waals surface area contributed by atoms with Gasteiger partial charge in [0.2, 0.25) is 0 Å². The molecule has 1 aliphatic carbocycles. The largest absolute Gasteiger partial charge is 0.507 e. The minimum absolute atomic E-state index is 0.0114. The molecule has 1 heterocycles. The standard InChI is InChI=1S/C28H33NO4/c1-4-33-23-16-15-20(17-22(23)18(2)3)26(30)24-25(19-11-7-5-8-12-19)29(28(32)27(24)31)21-13-9-6-10-14-21/h5,7-8,11-12,15-18,21,25,30H,4,6,9-10,13-14H2,1-3H3/b26-24-. The fourth-order valence-electron chi connectivity index (χ4n) is 5.14. The molecular weight excluding hydrogens is 414 g/mol. The lowest BCUT2D eigenvalue weighted by atomic mass is 9.90. The van der Waals surface area contributed by atoms with E-state index < -0.39 is 17.7 Å². The summed E-state index contributed by atoms with van der Waals surface area (Å²) in [7, 11) is 0. The molecule has 2 aromatic rings. The van der Waals surface area contributed by atoms with Crippen LogP contribution in [-0.4, -0.2) is 34.3 Å². The zero-order valence-electron chi connectivity index (χ0n) is 19.7. The van der Waals surface area contributed by atoms with E-state index in [4.69, 9.17) is 4.74 Å². The summed E-state index contributed by atoms with van der Waals surface area (Å²) in [4.78, 5) is 28.3. The van der Waals surface area contributed by atoms with Crippen molar-refractivity contribution in [3.8, 4) is 5.75 Å². The van der Waals surface area contributed by atoms with E-state index in [-0.39, 0.29) is 23.3 Å². The van der Waals surface area contributed by atoms with Crippen LogP contribution in [0.4, 0.5) is 0 Å². The van der Waals surface area contributed by atoms with Gasteiger partial charge in [0.05, 0.1) is 18.2 Å². The van der Waals surface area contributed by atoms with Crippen molar-refractivity contribution in [2.24, 2.45) is 0 Å². The number of carbonyl (C=O) groups is 2. The molecule has 2 aromatic carbocycles. The van der Waals surface area contributed by atoms with Gasteiger partial charge < -0.3 is 14.7 Å². The number of hydrogen-bond acceptors (Lipinski definition) is 4. The molecule has 0 radical (unpaired) electrons. The lowest BCUT2D eigenvalue weighted by Gasteiger charge is -2.35. The van der Waals surface area contributed by atoms with Crippen molar-refractivity contribution in [2.45, 2.75) is 70.9 Å².